The number of H-pyrrole nitrogens is 1. The Labute approximate surface area is 189 Å². The smallest absolute Gasteiger partial charge is 0.230 e. The van der Waals surface area contributed by atoms with Crippen LogP contribution in [0.1, 0.15) is 36.9 Å². The Hall–Kier alpha value is -3.26. The molecule has 1 saturated carbocycles. The van der Waals surface area contributed by atoms with Crippen molar-refractivity contribution in [1.82, 2.24) is 25.1 Å². The number of carbonyl (C=O) groups excluding carboxylic acids is 1. The van der Waals surface area contributed by atoms with Crippen molar-refractivity contribution in [1.29, 1.82) is 0 Å². The molecule has 1 fully saturated rings. The third kappa shape index (κ3) is 3.54. The van der Waals surface area contributed by atoms with E-state index in [1.54, 1.807) is 0 Å². The van der Waals surface area contributed by atoms with Crippen molar-refractivity contribution in [2.45, 2.75) is 36.5 Å². The molecule has 4 aromatic rings. The molecule has 1 aliphatic carbocycles. The zero-order chi connectivity index (χ0) is 21.5. The molecule has 2 aromatic heterocycles. The van der Waals surface area contributed by atoms with Crippen LogP contribution in [0.5, 0.6) is 5.75 Å². The molecule has 0 saturated heterocycles. The monoisotopic (exact) mass is 445 g/mol. The summed E-state index contributed by atoms with van der Waals surface area (Å²) in [6, 6.07) is 16.5. The minimum atomic E-state index is -0.0175. The number of benzene rings is 2. The van der Waals surface area contributed by atoms with Crippen LogP contribution in [-0.4, -0.2) is 38.0 Å². The van der Waals surface area contributed by atoms with Crippen molar-refractivity contribution in [2.24, 2.45) is 0 Å². The highest BCUT2D eigenvalue weighted by atomic mass is 32.2. The molecule has 1 amide bonds. The van der Waals surface area contributed by atoms with Gasteiger partial charge >= 0.3 is 0 Å². The van der Waals surface area contributed by atoms with E-state index in [0.717, 1.165) is 58.0 Å². The first kappa shape index (κ1) is 19.4. The van der Waals surface area contributed by atoms with Gasteiger partial charge in [0.15, 0.2) is 11.0 Å². The van der Waals surface area contributed by atoms with Gasteiger partial charge in [0.05, 0.1) is 18.4 Å². The Morgan fingerprint density at radius 3 is 2.88 bits per heavy atom. The van der Waals surface area contributed by atoms with Crippen molar-refractivity contribution in [3.8, 4) is 17.1 Å². The van der Waals surface area contributed by atoms with Crippen molar-refractivity contribution in [2.75, 3.05) is 12.4 Å². The number of nitrogens with one attached hydrogen (secondary N) is 2. The SMILES string of the molecule is O=C(CSc1nnc(-c2c[nH]c3ccccc23)n1C1CC1)NC1CCOc2ccccc21. The first-order valence-corrected chi connectivity index (χ1v) is 11.9. The second kappa shape index (κ2) is 8.02. The van der Waals surface area contributed by atoms with Crippen LogP contribution < -0.4 is 10.1 Å². The highest BCUT2D eigenvalue weighted by Gasteiger charge is 2.31. The first-order chi connectivity index (χ1) is 15.8. The Bertz CT molecular complexity index is 1290. The Balaban J connectivity index is 1.20. The summed E-state index contributed by atoms with van der Waals surface area (Å²) in [5, 5.41) is 14.1. The molecule has 1 unspecified atom stereocenters. The number of thioether (sulfide) groups is 1. The summed E-state index contributed by atoms with van der Waals surface area (Å²) < 4.78 is 7.91. The standard InChI is InChI=1S/C24H23N5O2S/c30-22(26-20-11-12-31-21-8-4-2-6-17(20)21)14-32-24-28-27-23(29(24)15-9-10-15)18-13-25-19-7-3-1-5-16(18)19/h1-8,13,15,20,25H,9-12,14H2,(H,26,30). The fraction of sp³-hybridized carbons (Fsp3) is 0.292. The van der Waals surface area contributed by atoms with Crippen LogP contribution in [0.15, 0.2) is 59.9 Å². The lowest BCUT2D eigenvalue weighted by Gasteiger charge is -2.26. The number of aromatic amines is 1. The van der Waals surface area contributed by atoms with Crippen LogP contribution in [0.3, 0.4) is 0 Å². The molecular weight excluding hydrogens is 422 g/mol. The fourth-order valence-corrected chi connectivity index (χ4v) is 5.15. The zero-order valence-electron chi connectivity index (χ0n) is 17.5. The summed E-state index contributed by atoms with van der Waals surface area (Å²) >= 11 is 1.45. The van der Waals surface area contributed by atoms with Gasteiger partial charge in [-0.3, -0.25) is 9.36 Å². The lowest BCUT2D eigenvalue weighted by Crippen LogP contribution is -2.33. The van der Waals surface area contributed by atoms with Gasteiger partial charge in [0.1, 0.15) is 5.75 Å². The molecule has 2 N–H and O–H groups in total. The summed E-state index contributed by atoms with van der Waals surface area (Å²) in [5.74, 6) is 2.02. The molecule has 0 spiro atoms. The summed E-state index contributed by atoms with van der Waals surface area (Å²) in [7, 11) is 0. The molecule has 3 heterocycles. The maximum absolute atomic E-state index is 12.8. The number of hydrogen-bond donors (Lipinski definition) is 2. The minimum Gasteiger partial charge on any atom is -0.493 e. The molecular formula is C24H23N5O2S. The number of nitrogens with zero attached hydrogens (tertiary/aromatic N) is 3. The number of ether oxygens (including phenoxy) is 1. The van der Waals surface area contributed by atoms with Gasteiger partial charge in [0.25, 0.3) is 0 Å². The fourth-order valence-electron chi connectivity index (χ4n) is 4.34. The van der Waals surface area contributed by atoms with E-state index >= 15 is 0 Å². The van der Waals surface area contributed by atoms with E-state index in [1.807, 2.05) is 42.6 Å². The van der Waals surface area contributed by atoms with E-state index in [4.69, 9.17) is 4.74 Å². The molecule has 8 heteroatoms. The maximum Gasteiger partial charge on any atom is 0.230 e. The summed E-state index contributed by atoms with van der Waals surface area (Å²) in [6.45, 7) is 0.610. The predicted octanol–water partition coefficient (Wildman–Crippen LogP) is 4.49. The second-order valence-electron chi connectivity index (χ2n) is 8.24. The molecule has 0 radical (unpaired) electrons. The molecule has 0 bridgehead atoms. The number of aromatic nitrogens is 4. The van der Waals surface area contributed by atoms with E-state index < -0.39 is 0 Å². The highest BCUT2D eigenvalue weighted by Crippen LogP contribution is 2.42. The van der Waals surface area contributed by atoms with Crippen molar-refractivity contribution in [3.63, 3.8) is 0 Å². The van der Waals surface area contributed by atoms with Gasteiger partial charge in [-0.05, 0) is 25.0 Å². The van der Waals surface area contributed by atoms with Crippen molar-refractivity contribution in [3.05, 3.63) is 60.3 Å². The third-order valence-corrected chi connectivity index (χ3v) is 6.98. The van der Waals surface area contributed by atoms with Gasteiger partial charge in [0.2, 0.25) is 5.91 Å². The summed E-state index contributed by atoms with van der Waals surface area (Å²) in [6.07, 6.45) is 5.01. The average molecular weight is 446 g/mol. The van der Waals surface area contributed by atoms with Crippen LogP contribution in [0.4, 0.5) is 0 Å². The Morgan fingerprint density at radius 1 is 1.12 bits per heavy atom. The van der Waals surface area contributed by atoms with Crippen LogP contribution in [0, 0.1) is 0 Å². The number of carbonyl (C=O) groups is 1. The van der Waals surface area contributed by atoms with Crippen LogP contribution in [0.2, 0.25) is 0 Å². The van der Waals surface area contributed by atoms with E-state index in [1.165, 1.54) is 11.8 Å². The van der Waals surface area contributed by atoms with Gasteiger partial charge in [-0.1, -0.05) is 48.2 Å². The Morgan fingerprint density at radius 2 is 1.97 bits per heavy atom. The maximum atomic E-state index is 12.8. The van der Waals surface area contributed by atoms with Gasteiger partial charge in [-0.15, -0.1) is 10.2 Å². The summed E-state index contributed by atoms with van der Waals surface area (Å²) in [4.78, 5) is 16.1. The number of amides is 1. The van der Waals surface area contributed by atoms with Gasteiger partial charge in [0, 0.05) is 40.7 Å². The zero-order valence-corrected chi connectivity index (χ0v) is 18.3. The Kier molecular flexibility index (Phi) is 4.87. The van der Waals surface area contributed by atoms with Crippen LogP contribution >= 0.6 is 11.8 Å². The first-order valence-electron chi connectivity index (χ1n) is 10.9. The molecule has 32 heavy (non-hydrogen) atoms. The minimum absolute atomic E-state index is 0.00399. The number of hydrogen-bond acceptors (Lipinski definition) is 5. The average Bonchev–Trinajstić information content (AvgIpc) is 3.43. The number of fused-ring (bicyclic) bond motifs is 2. The van der Waals surface area contributed by atoms with Crippen molar-refractivity contribution >= 4 is 28.6 Å². The molecule has 1 atom stereocenters. The predicted molar refractivity (Wildman–Crippen MR) is 124 cm³/mol. The molecule has 1 aliphatic heterocycles. The van der Waals surface area contributed by atoms with Crippen molar-refractivity contribution < 1.29 is 9.53 Å². The van der Waals surface area contributed by atoms with Crippen LogP contribution in [0.25, 0.3) is 22.3 Å². The van der Waals surface area contributed by atoms with Crippen LogP contribution in [-0.2, 0) is 4.79 Å². The largest absolute Gasteiger partial charge is 0.493 e. The van der Waals surface area contributed by atoms with Gasteiger partial charge < -0.3 is 15.0 Å². The summed E-state index contributed by atoms with van der Waals surface area (Å²) in [5.41, 5.74) is 3.17. The number of rotatable bonds is 6. The third-order valence-electron chi connectivity index (χ3n) is 6.03. The quantitative estimate of drug-likeness (QED) is 0.427. The van der Waals surface area contributed by atoms with Gasteiger partial charge in [-0.25, -0.2) is 0 Å². The molecule has 2 aromatic carbocycles. The lowest BCUT2D eigenvalue weighted by atomic mass is 10.0. The van der Waals surface area contributed by atoms with E-state index in [9.17, 15) is 4.79 Å². The number of para-hydroxylation sites is 2. The van der Waals surface area contributed by atoms with E-state index in [2.05, 4.69) is 37.2 Å². The molecule has 2 aliphatic rings. The molecule has 7 nitrogen and oxygen atoms in total. The normalized spacial score (nSPS) is 17.7. The molecule has 162 valence electrons. The molecule has 6 rings (SSSR count). The second-order valence-corrected chi connectivity index (χ2v) is 9.18. The highest BCUT2D eigenvalue weighted by molar-refractivity contribution is 7.99. The topological polar surface area (TPSA) is 84.8 Å². The van der Waals surface area contributed by atoms with Gasteiger partial charge in [-0.2, -0.15) is 0 Å². The lowest BCUT2D eigenvalue weighted by molar-refractivity contribution is -0.119. The van der Waals surface area contributed by atoms with E-state index in [0.29, 0.717) is 18.4 Å². The van der Waals surface area contributed by atoms with E-state index in [-0.39, 0.29) is 11.9 Å².